The summed E-state index contributed by atoms with van der Waals surface area (Å²) in [6, 6.07) is 17.5. The van der Waals surface area contributed by atoms with E-state index in [0.717, 1.165) is 30.8 Å². The van der Waals surface area contributed by atoms with Crippen LogP contribution < -0.4 is 5.32 Å². The standard InChI is InChI=1S/C27H37N3O3S/c1-21-16-22(2)19-29(18-21)20-25-11-7-6-10-24(25)17-28-27(31)26(23-8-4-3-5-9-23)30-12-14-34(32,33)15-13-30/h3-11,21-22,26H,12-20H2,1-2H3,(H,28,31). The second kappa shape index (κ2) is 11.0. The number of nitrogens with one attached hydrogen (secondary N) is 1. The Hall–Kier alpha value is -2.22. The smallest absolute Gasteiger partial charge is 0.242 e. The molecule has 6 nitrogen and oxygen atoms in total. The summed E-state index contributed by atoms with van der Waals surface area (Å²) in [5, 5.41) is 3.16. The number of likely N-dealkylation sites (tertiary alicyclic amines) is 1. The Morgan fingerprint density at radius 2 is 1.53 bits per heavy atom. The summed E-state index contributed by atoms with van der Waals surface area (Å²) < 4.78 is 23.9. The minimum absolute atomic E-state index is 0.0829. The SMILES string of the molecule is CC1CC(C)CN(Cc2ccccc2CNC(=O)C(c2ccccc2)N2CCS(=O)(=O)CC2)C1. The van der Waals surface area contributed by atoms with Crippen molar-refractivity contribution in [1.82, 2.24) is 15.1 Å². The average Bonchev–Trinajstić information content (AvgIpc) is 2.80. The molecule has 1 amide bonds. The van der Waals surface area contributed by atoms with Crippen LogP contribution in [0.15, 0.2) is 54.6 Å². The first-order valence-corrected chi connectivity index (χ1v) is 14.2. The van der Waals surface area contributed by atoms with Crippen molar-refractivity contribution >= 4 is 15.7 Å². The van der Waals surface area contributed by atoms with Gasteiger partial charge in [-0.3, -0.25) is 14.6 Å². The zero-order chi connectivity index (χ0) is 24.1. The second-order valence-corrected chi connectivity index (χ2v) is 12.4. The van der Waals surface area contributed by atoms with Gasteiger partial charge in [0, 0.05) is 39.3 Å². The number of carbonyl (C=O) groups excluding carboxylic acids is 1. The average molecular weight is 484 g/mol. The van der Waals surface area contributed by atoms with Crippen molar-refractivity contribution in [1.29, 1.82) is 0 Å². The largest absolute Gasteiger partial charge is 0.350 e. The molecule has 2 aromatic carbocycles. The predicted molar refractivity (Wildman–Crippen MR) is 136 cm³/mol. The summed E-state index contributed by atoms with van der Waals surface area (Å²) in [4.78, 5) is 18.0. The highest BCUT2D eigenvalue weighted by Gasteiger charge is 2.32. The molecule has 184 valence electrons. The molecule has 2 aliphatic heterocycles. The van der Waals surface area contributed by atoms with Gasteiger partial charge in [0.1, 0.15) is 6.04 Å². The third kappa shape index (κ3) is 6.46. The third-order valence-corrected chi connectivity index (χ3v) is 8.63. The third-order valence-electron chi connectivity index (χ3n) is 7.02. The van der Waals surface area contributed by atoms with Crippen LogP contribution in [0, 0.1) is 11.8 Å². The fourth-order valence-electron chi connectivity index (χ4n) is 5.47. The molecule has 0 spiro atoms. The summed E-state index contributed by atoms with van der Waals surface area (Å²) in [6.07, 6.45) is 1.28. The van der Waals surface area contributed by atoms with E-state index in [1.165, 1.54) is 12.0 Å². The van der Waals surface area contributed by atoms with Crippen molar-refractivity contribution in [2.75, 3.05) is 37.7 Å². The van der Waals surface area contributed by atoms with Gasteiger partial charge in [0.25, 0.3) is 0 Å². The lowest BCUT2D eigenvalue weighted by Crippen LogP contribution is -2.47. The normalized spacial score (nSPS) is 24.4. The van der Waals surface area contributed by atoms with Gasteiger partial charge in [-0.1, -0.05) is 68.4 Å². The maximum Gasteiger partial charge on any atom is 0.242 e. The van der Waals surface area contributed by atoms with E-state index >= 15 is 0 Å². The van der Waals surface area contributed by atoms with Crippen LogP contribution in [0.1, 0.15) is 43.0 Å². The van der Waals surface area contributed by atoms with Crippen molar-refractivity contribution in [3.63, 3.8) is 0 Å². The fourth-order valence-corrected chi connectivity index (χ4v) is 6.70. The van der Waals surface area contributed by atoms with Gasteiger partial charge in [0.05, 0.1) is 11.5 Å². The molecule has 0 saturated carbocycles. The number of piperidine rings is 1. The van der Waals surface area contributed by atoms with Crippen LogP contribution in [0.25, 0.3) is 0 Å². The fraction of sp³-hybridized carbons (Fsp3) is 0.519. The zero-order valence-electron chi connectivity index (χ0n) is 20.3. The summed E-state index contributed by atoms with van der Waals surface area (Å²) in [7, 11) is -3.02. The van der Waals surface area contributed by atoms with Crippen molar-refractivity contribution in [2.24, 2.45) is 11.8 Å². The first-order chi connectivity index (χ1) is 16.3. The Morgan fingerprint density at radius 1 is 0.941 bits per heavy atom. The number of benzene rings is 2. The van der Waals surface area contributed by atoms with Crippen LogP contribution in [0.5, 0.6) is 0 Å². The summed E-state index contributed by atoms with van der Waals surface area (Å²) in [5.74, 6) is 1.52. The van der Waals surface area contributed by atoms with Gasteiger partial charge >= 0.3 is 0 Å². The van der Waals surface area contributed by atoms with Gasteiger partial charge in [0.2, 0.25) is 5.91 Å². The second-order valence-electron chi connectivity index (χ2n) is 10.1. The Balaban J connectivity index is 1.46. The predicted octanol–water partition coefficient (Wildman–Crippen LogP) is 3.25. The van der Waals surface area contributed by atoms with Crippen LogP contribution >= 0.6 is 0 Å². The van der Waals surface area contributed by atoms with Crippen LogP contribution in [-0.4, -0.2) is 61.8 Å². The molecule has 0 aromatic heterocycles. The van der Waals surface area contributed by atoms with Crippen molar-refractivity contribution in [3.05, 3.63) is 71.3 Å². The molecule has 2 fully saturated rings. The highest BCUT2D eigenvalue weighted by atomic mass is 32.2. The lowest BCUT2D eigenvalue weighted by atomic mass is 9.91. The van der Waals surface area contributed by atoms with E-state index in [1.807, 2.05) is 41.3 Å². The van der Waals surface area contributed by atoms with Crippen LogP contribution in [0.3, 0.4) is 0 Å². The Kier molecular flexibility index (Phi) is 8.06. The molecule has 34 heavy (non-hydrogen) atoms. The molecule has 0 aliphatic carbocycles. The van der Waals surface area contributed by atoms with Gasteiger partial charge < -0.3 is 5.32 Å². The van der Waals surface area contributed by atoms with E-state index in [1.54, 1.807) is 0 Å². The van der Waals surface area contributed by atoms with Crippen molar-refractivity contribution in [3.8, 4) is 0 Å². The number of hydrogen-bond donors (Lipinski definition) is 1. The summed E-state index contributed by atoms with van der Waals surface area (Å²) in [6.45, 7) is 8.97. The monoisotopic (exact) mass is 483 g/mol. The molecule has 2 aromatic rings. The van der Waals surface area contributed by atoms with Crippen molar-refractivity contribution < 1.29 is 13.2 Å². The molecule has 7 heteroatoms. The van der Waals surface area contributed by atoms with E-state index in [-0.39, 0.29) is 17.4 Å². The van der Waals surface area contributed by atoms with E-state index in [2.05, 4.69) is 42.3 Å². The van der Waals surface area contributed by atoms with E-state index in [9.17, 15) is 13.2 Å². The number of nitrogens with zero attached hydrogens (tertiary/aromatic N) is 2. The van der Waals surface area contributed by atoms with Crippen LogP contribution in [0.4, 0.5) is 0 Å². The Labute approximate surface area is 204 Å². The molecular formula is C27H37N3O3S. The Morgan fingerprint density at radius 3 is 2.18 bits per heavy atom. The first-order valence-electron chi connectivity index (χ1n) is 12.4. The van der Waals surface area contributed by atoms with Gasteiger partial charge in [-0.05, 0) is 34.9 Å². The molecule has 2 heterocycles. The number of sulfone groups is 1. The lowest BCUT2D eigenvalue weighted by molar-refractivity contribution is -0.126. The number of carbonyl (C=O) groups is 1. The van der Waals surface area contributed by atoms with Gasteiger partial charge in [-0.25, -0.2) is 8.42 Å². The number of amides is 1. The zero-order valence-corrected chi connectivity index (χ0v) is 21.1. The van der Waals surface area contributed by atoms with E-state index < -0.39 is 15.9 Å². The van der Waals surface area contributed by atoms with Gasteiger partial charge in [-0.15, -0.1) is 0 Å². The molecule has 2 saturated heterocycles. The van der Waals surface area contributed by atoms with Crippen LogP contribution in [0.2, 0.25) is 0 Å². The molecule has 4 rings (SSSR count). The topological polar surface area (TPSA) is 69.7 Å². The Bertz CT molecular complexity index is 1050. The van der Waals surface area contributed by atoms with Gasteiger partial charge in [-0.2, -0.15) is 0 Å². The highest BCUT2D eigenvalue weighted by Crippen LogP contribution is 2.25. The first kappa shape index (κ1) is 24.9. The summed E-state index contributed by atoms with van der Waals surface area (Å²) in [5.41, 5.74) is 3.28. The maximum atomic E-state index is 13.5. The molecule has 2 aliphatic rings. The summed E-state index contributed by atoms with van der Waals surface area (Å²) >= 11 is 0. The molecular weight excluding hydrogens is 446 g/mol. The maximum absolute atomic E-state index is 13.5. The van der Waals surface area contributed by atoms with Gasteiger partial charge in [0.15, 0.2) is 9.84 Å². The molecule has 3 atom stereocenters. The number of rotatable bonds is 7. The highest BCUT2D eigenvalue weighted by molar-refractivity contribution is 7.91. The molecule has 1 N–H and O–H groups in total. The van der Waals surface area contributed by atoms with Crippen molar-refractivity contribution in [2.45, 2.75) is 39.4 Å². The quantitative estimate of drug-likeness (QED) is 0.655. The minimum Gasteiger partial charge on any atom is -0.350 e. The van der Waals surface area contributed by atoms with E-state index in [0.29, 0.717) is 31.5 Å². The number of hydrogen-bond acceptors (Lipinski definition) is 5. The minimum atomic E-state index is -3.02. The molecule has 0 radical (unpaired) electrons. The van der Waals surface area contributed by atoms with Crippen LogP contribution in [-0.2, 0) is 27.7 Å². The molecule has 0 bridgehead atoms. The lowest BCUT2D eigenvalue weighted by Gasteiger charge is -2.35. The molecule has 3 unspecified atom stereocenters. The van der Waals surface area contributed by atoms with E-state index in [4.69, 9.17) is 0 Å².